The Morgan fingerprint density at radius 3 is 2.39 bits per heavy atom. The second kappa shape index (κ2) is 7.70. The van der Waals surface area contributed by atoms with Gasteiger partial charge in [-0.25, -0.2) is 12.7 Å². The molecule has 3 aromatic rings. The van der Waals surface area contributed by atoms with Crippen LogP contribution in [0.15, 0.2) is 53.4 Å². The number of carbonyl (C=O) groups is 1. The zero-order valence-corrected chi connectivity index (χ0v) is 17.0. The summed E-state index contributed by atoms with van der Waals surface area (Å²) in [6.45, 7) is 1.68. The molecule has 0 bridgehead atoms. The molecule has 0 spiro atoms. The van der Waals surface area contributed by atoms with Crippen molar-refractivity contribution in [3.8, 4) is 5.69 Å². The van der Waals surface area contributed by atoms with Gasteiger partial charge in [0.1, 0.15) is 0 Å². The second-order valence-electron chi connectivity index (χ2n) is 6.17. The molecule has 10 heteroatoms. The van der Waals surface area contributed by atoms with Crippen molar-refractivity contribution < 1.29 is 13.2 Å². The molecule has 3 rings (SSSR count). The van der Waals surface area contributed by atoms with Crippen LogP contribution < -0.4 is 5.32 Å². The third kappa shape index (κ3) is 4.06. The molecular formula is C18H18ClN5O3S. The first-order chi connectivity index (χ1) is 13.2. The second-order valence-corrected chi connectivity index (χ2v) is 8.76. The zero-order valence-electron chi connectivity index (χ0n) is 15.4. The molecule has 28 heavy (non-hydrogen) atoms. The number of amides is 1. The Bertz CT molecular complexity index is 1120. The van der Waals surface area contributed by atoms with E-state index in [9.17, 15) is 13.2 Å². The first kappa shape index (κ1) is 20.0. The molecule has 1 heterocycles. The fraction of sp³-hybridized carbons (Fsp3) is 0.167. The standard InChI is InChI=1S/C18H18ClN5O3S/c1-12-17(22-24(21-12)15-6-4-5-13(19)11-15)18(25)20-14-7-9-16(10-8-14)28(26,27)23(2)3/h4-11H,1-3H3,(H,20,25). The molecule has 0 radical (unpaired) electrons. The number of sulfonamides is 1. The Balaban J connectivity index is 1.80. The first-order valence-electron chi connectivity index (χ1n) is 8.22. The Kier molecular flexibility index (Phi) is 5.50. The zero-order chi connectivity index (χ0) is 20.5. The monoisotopic (exact) mass is 419 g/mol. The molecule has 0 aliphatic carbocycles. The van der Waals surface area contributed by atoms with E-state index in [0.29, 0.717) is 22.1 Å². The Hall–Kier alpha value is -2.75. The summed E-state index contributed by atoms with van der Waals surface area (Å²) in [7, 11) is -0.617. The molecule has 0 saturated carbocycles. The van der Waals surface area contributed by atoms with Crippen molar-refractivity contribution in [3.63, 3.8) is 0 Å². The van der Waals surface area contributed by atoms with Gasteiger partial charge in [0.15, 0.2) is 5.69 Å². The van der Waals surface area contributed by atoms with Crippen molar-refractivity contribution in [2.45, 2.75) is 11.8 Å². The third-order valence-electron chi connectivity index (χ3n) is 3.93. The van der Waals surface area contributed by atoms with E-state index in [1.807, 2.05) is 0 Å². The van der Waals surface area contributed by atoms with Crippen LogP contribution in [0.2, 0.25) is 5.02 Å². The number of carbonyl (C=O) groups excluding carboxylic acids is 1. The fourth-order valence-electron chi connectivity index (χ4n) is 2.42. The average Bonchev–Trinajstić information content (AvgIpc) is 3.04. The summed E-state index contributed by atoms with van der Waals surface area (Å²) in [6, 6.07) is 12.9. The summed E-state index contributed by atoms with van der Waals surface area (Å²) in [5, 5.41) is 11.7. The Labute approximate surface area is 167 Å². The highest BCUT2D eigenvalue weighted by molar-refractivity contribution is 7.89. The van der Waals surface area contributed by atoms with Crippen LogP contribution in [0.3, 0.4) is 0 Å². The van der Waals surface area contributed by atoms with Crippen LogP contribution in [0.4, 0.5) is 5.69 Å². The molecule has 2 aromatic carbocycles. The van der Waals surface area contributed by atoms with Crippen molar-refractivity contribution in [1.82, 2.24) is 19.3 Å². The number of halogens is 1. The van der Waals surface area contributed by atoms with Crippen molar-refractivity contribution >= 4 is 33.2 Å². The predicted molar refractivity (Wildman–Crippen MR) is 106 cm³/mol. The molecule has 0 saturated heterocycles. The molecule has 0 aliphatic heterocycles. The van der Waals surface area contributed by atoms with Gasteiger partial charge in [-0.15, -0.1) is 5.10 Å². The van der Waals surface area contributed by atoms with Crippen LogP contribution in [0.5, 0.6) is 0 Å². The van der Waals surface area contributed by atoms with Crippen LogP contribution >= 0.6 is 11.6 Å². The van der Waals surface area contributed by atoms with E-state index in [4.69, 9.17) is 11.6 Å². The maximum atomic E-state index is 12.6. The summed E-state index contributed by atoms with van der Waals surface area (Å²) in [6.07, 6.45) is 0. The molecule has 1 amide bonds. The summed E-state index contributed by atoms with van der Waals surface area (Å²) < 4.78 is 25.3. The SMILES string of the molecule is Cc1nn(-c2cccc(Cl)c2)nc1C(=O)Nc1ccc(S(=O)(=O)N(C)C)cc1. The van der Waals surface area contributed by atoms with Crippen LogP contribution in [-0.4, -0.2) is 47.7 Å². The normalized spacial score (nSPS) is 11.6. The molecule has 1 N–H and O–H groups in total. The fourth-order valence-corrected chi connectivity index (χ4v) is 3.50. The Morgan fingerprint density at radius 1 is 1.11 bits per heavy atom. The number of hydrogen-bond acceptors (Lipinski definition) is 5. The number of anilines is 1. The molecule has 0 aliphatic rings. The van der Waals surface area contributed by atoms with Crippen molar-refractivity contribution in [2.75, 3.05) is 19.4 Å². The highest BCUT2D eigenvalue weighted by Crippen LogP contribution is 2.18. The van der Waals surface area contributed by atoms with Crippen molar-refractivity contribution in [2.24, 2.45) is 0 Å². The van der Waals surface area contributed by atoms with Gasteiger partial charge < -0.3 is 5.32 Å². The highest BCUT2D eigenvalue weighted by Gasteiger charge is 2.19. The van der Waals surface area contributed by atoms with Gasteiger partial charge in [0.2, 0.25) is 10.0 Å². The number of rotatable bonds is 5. The minimum Gasteiger partial charge on any atom is -0.321 e. The number of benzene rings is 2. The highest BCUT2D eigenvalue weighted by atomic mass is 35.5. The van der Waals surface area contributed by atoms with Gasteiger partial charge in [0.25, 0.3) is 5.91 Å². The number of aromatic nitrogens is 3. The van der Waals surface area contributed by atoms with Crippen LogP contribution in [0.1, 0.15) is 16.2 Å². The van der Waals surface area contributed by atoms with E-state index in [1.54, 1.807) is 31.2 Å². The van der Waals surface area contributed by atoms with Gasteiger partial charge in [-0.1, -0.05) is 17.7 Å². The van der Waals surface area contributed by atoms with Gasteiger partial charge in [-0.05, 0) is 49.4 Å². The molecule has 0 atom stereocenters. The maximum Gasteiger partial charge on any atom is 0.278 e. The van der Waals surface area contributed by atoms with Crippen molar-refractivity contribution in [1.29, 1.82) is 0 Å². The largest absolute Gasteiger partial charge is 0.321 e. The third-order valence-corrected chi connectivity index (χ3v) is 5.99. The van der Waals surface area contributed by atoms with E-state index in [1.165, 1.54) is 43.2 Å². The minimum atomic E-state index is -3.53. The minimum absolute atomic E-state index is 0.138. The topological polar surface area (TPSA) is 97.2 Å². The number of aryl methyl sites for hydroxylation is 1. The Morgan fingerprint density at radius 2 is 1.79 bits per heavy atom. The summed E-state index contributed by atoms with van der Waals surface area (Å²) >= 11 is 5.98. The maximum absolute atomic E-state index is 12.6. The first-order valence-corrected chi connectivity index (χ1v) is 10.0. The average molecular weight is 420 g/mol. The lowest BCUT2D eigenvalue weighted by Gasteiger charge is -2.11. The lowest BCUT2D eigenvalue weighted by atomic mass is 10.3. The molecule has 0 unspecified atom stereocenters. The number of nitrogens with one attached hydrogen (secondary N) is 1. The summed E-state index contributed by atoms with van der Waals surface area (Å²) in [4.78, 5) is 14.0. The molecule has 8 nitrogen and oxygen atoms in total. The smallest absolute Gasteiger partial charge is 0.278 e. The predicted octanol–water partition coefficient (Wildman–Crippen LogP) is 2.73. The van der Waals surface area contributed by atoms with Crippen molar-refractivity contribution in [3.05, 3.63) is 64.9 Å². The van der Waals surface area contributed by atoms with E-state index in [0.717, 1.165) is 4.31 Å². The van der Waals surface area contributed by atoms with Gasteiger partial charge in [0, 0.05) is 24.8 Å². The van der Waals surface area contributed by atoms with E-state index in [-0.39, 0.29) is 10.6 Å². The molecule has 0 fully saturated rings. The van der Waals surface area contributed by atoms with Crippen LogP contribution in [-0.2, 0) is 10.0 Å². The van der Waals surface area contributed by atoms with Gasteiger partial charge in [-0.2, -0.15) is 9.90 Å². The van der Waals surface area contributed by atoms with Gasteiger partial charge in [-0.3, -0.25) is 4.79 Å². The molecule has 146 valence electrons. The summed E-state index contributed by atoms with van der Waals surface area (Å²) in [5.74, 6) is -0.450. The quantitative estimate of drug-likeness (QED) is 0.685. The lowest BCUT2D eigenvalue weighted by molar-refractivity contribution is 0.102. The molecular weight excluding hydrogens is 402 g/mol. The number of hydrogen-bond donors (Lipinski definition) is 1. The van der Waals surface area contributed by atoms with E-state index >= 15 is 0 Å². The van der Waals surface area contributed by atoms with Gasteiger partial charge >= 0.3 is 0 Å². The summed E-state index contributed by atoms with van der Waals surface area (Å²) in [5.41, 5.74) is 1.68. The van der Waals surface area contributed by atoms with E-state index < -0.39 is 15.9 Å². The molecule has 1 aromatic heterocycles. The van der Waals surface area contributed by atoms with Crippen LogP contribution in [0, 0.1) is 6.92 Å². The lowest BCUT2D eigenvalue weighted by Crippen LogP contribution is -2.22. The van der Waals surface area contributed by atoms with Gasteiger partial charge in [0.05, 0.1) is 16.3 Å². The van der Waals surface area contributed by atoms with Crippen LogP contribution in [0.25, 0.3) is 5.69 Å². The number of nitrogens with zero attached hydrogens (tertiary/aromatic N) is 4. The van der Waals surface area contributed by atoms with E-state index in [2.05, 4.69) is 15.5 Å².